The number of thiophene rings is 1. The fraction of sp³-hybridized carbons (Fsp3) is 0.520. The summed E-state index contributed by atoms with van der Waals surface area (Å²) in [6, 6.07) is 22.3. The van der Waals surface area contributed by atoms with Gasteiger partial charge in [0.2, 0.25) is 17.7 Å². The van der Waals surface area contributed by atoms with Gasteiger partial charge in [0.05, 0.1) is 17.6 Å². The number of halogens is 1. The van der Waals surface area contributed by atoms with Gasteiger partial charge in [-0.2, -0.15) is 0 Å². The number of esters is 1. The first kappa shape index (κ1) is 46.5. The van der Waals surface area contributed by atoms with Gasteiger partial charge >= 0.3 is 13.5 Å². The number of para-hydroxylation sites is 1. The first-order valence-corrected chi connectivity index (χ1v) is 26.1. The average molecular weight is 942 g/mol. The van der Waals surface area contributed by atoms with Crippen LogP contribution >= 0.6 is 18.9 Å². The minimum atomic E-state index is -4.47. The van der Waals surface area contributed by atoms with Crippen molar-refractivity contribution in [2.24, 2.45) is 0 Å². The lowest BCUT2D eigenvalue weighted by molar-refractivity contribution is -0.148. The van der Waals surface area contributed by atoms with Crippen LogP contribution in [-0.2, 0) is 28.4 Å². The maximum Gasteiger partial charge on any atom is 0.355 e. The number of rotatable bonds is 16. The van der Waals surface area contributed by atoms with Crippen LogP contribution in [0.25, 0.3) is 10.1 Å². The Labute approximate surface area is 390 Å². The van der Waals surface area contributed by atoms with E-state index >= 15 is 4.39 Å². The summed E-state index contributed by atoms with van der Waals surface area (Å²) in [5.74, 6) is -3.12. The number of likely N-dealkylation sites (N-methyl/N-ethyl adjacent to an activating group) is 1. The lowest BCUT2D eigenvalue weighted by Crippen LogP contribution is -2.59. The van der Waals surface area contributed by atoms with Crippen molar-refractivity contribution in [1.29, 1.82) is 0 Å². The van der Waals surface area contributed by atoms with E-state index in [9.17, 15) is 23.7 Å². The maximum absolute atomic E-state index is 16.7. The van der Waals surface area contributed by atoms with E-state index in [0.717, 1.165) is 45.3 Å². The predicted molar refractivity (Wildman–Crippen MR) is 251 cm³/mol. The summed E-state index contributed by atoms with van der Waals surface area (Å²) >= 11 is 1.21. The summed E-state index contributed by atoms with van der Waals surface area (Å²) in [5.41, 5.74) is 1.11. The molecule has 3 aromatic carbocycles. The van der Waals surface area contributed by atoms with Gasteiger partial charge in [-0.3, -0.25) is 23.7 Å². The van der Waals surface area contributed by atoms with E-state index in [1.165, 1.54) is 36.0 Å². The number of likely N-dealkylation sites (tertiary alicyclic amines) is 1. The fourth-order valence-corrected chi connectivity index (χ4v) is 13.4. The van der Waals surface area contributed by atoms with E-state index in [0.29, 0.717) is 53.6 Å². The molecule has 16 heteroatoms. The third-order valence-electron chi connectivity index (χ3n) is 14.4. The molecule has 13 nitrogen and oxygen atoms in total. The summed E-state index contributed by atoms with van der Waals surface area (Å²) in [6.45, 7) is 5.63. The Bertz CT molecular complexity index is 2450. The van der Waals surface area contributed by atoms with E-state index in [4.69, 9.17) is 14.0 Å². The summed E-state index contributed by atoms with van der Waals surface area (Å²) in [5, 5.41) is 6.24. The van der Waals surface area contributed by atoms with E-state index < -0.39 is 43.4 Å². The number of hydrogen-bond donors (Lipinski definition) is 2. The standard InChI is InChI=1S/C50H61FN5O8PS/c1-4-24-63-49(60)32(2)53-65(61,64-39-13-9-6-10-14-39)45(51)34-15-20-43-35(26-34)27-44(66-43)46(57)52-41-18-16-37(54(3)31-40-21-25-62-40)28-38-17-19-42(56(38)47(41)58)48(59)55-30-36(29-50(55)22-23-50)33-11-7-5-8-12-33/h5-15,20,26-27,32,36-38,40-42,45H,4,16-19,21-25,28-31H2,1-3H3,(H,52,57)(H,53,61)/t32-,36+,37-,38+,40+,41-,42-,45-,65?/m0/s1. The van der Waals surface area contributed by atoms with Crippen LogP contribution in [0.5, 0.6) is 5.75 Å². The molecule has 4 aliphatic heterocycles. The zero-order valence-electron chi connectivity index (χ0n) is 37.9. The lowest BCUT2D eigenvalue weighted by Gasteiger charge is -2.42. The average Bonchev–Trinajstić information content (AvgIpc) is 3.58. The van der Waals surface area contributed by atoms with Gasteiger partial charge in [0.25, 0.3) is 5.91 Å². The molecule has 5 heterocycles. The van der Waals surface area contributed by atoms with Crippen LogP contribution in [0.2, 0.25) is 0 Å². The van der Waals surface area contributed by atoms with E-state index in [-0.39, 0.29) is 59.4 Å². The molecule has 2 N–H and O–H groups in total. The SMILES string of the molecule is CCCOC(=O)[C@H](C)NP(=O)(Oc1ccccc1)[C@H](F)c1ccc2sc(C(=O)N[C@H]3CC[C@H](N(C)C[C@H]4CCO4)C[C@H]4CC[C@@H](C(=O)N5C[C@H](c6ccccc6)CC56CC6)N4C3=O)cc2c1. The topological polar surface area (TPSA) is 147 Å². The van der Waals surface area contributed by atoms with Crippen molar-refractivity contribution in [3.63, 3.8) is 0 Å². The van der Waals surface area contributed by atoms with Gasteiger partial charge in [-0.25, -0.2) is 9.48 Å². The fourth-order valence-electron chi connectivity index (χ4n) is 10.5. The van der Waals surface area contributed by atoms with Gasteiger partial charge in [0, 0.05) is 47.9 Å². The first-order valence-electron chi connectivity index (χ1n) is 23.6. The zero-order chi connectivity index (χ0) is 46.2. The Hall–Kier alpha value is -4.66. The molecule has 5 aliphatic rings. The van der Waals surface area contributed by atoms with Gasteiger partial charge in [-0.1, -0.05) is 61.5 Å². The monoisotopic (exact) mass is 941 g/mol. The van der Waals surface area contributed by atoms with E-state index in [1.54, 1.807) is 42.5 Å². The maximum atomic E-state index is 16.7. The molecule has 5 fully saturated rings. The van der Waals surface area contributed by atoms with Crippen molar-refractivity contribution in [3.8, 4) is 5.75 Å². The Kier molecular flexibility index (Phi) is 13.7. The number of carbonyl (C=O) groups is 4. The highest BCUT2D eigenvalue weighted by atomic mass is 32.1. The molecule has 0 radical (unpaired) electrons. The molecule has 1 aliphatic carbocycles. The largest absolute Gasteiger partial charge is 0.465 e. The first-order chi connectivity index (χ1) is 31.8. The lowest BCUT2D eigenvalue weighted by atomic mass is 9.93. The molecular weight excluding hydrogens is 881 g/mol. The second-order valence-electron chi connectivity index (χ2n) is 19.0. The number of ether oxygens (including phenoxy) is 2. The van der Waals surface area contributed by atoms with E-state index in [2.05, 4.69) is 39.4 Å². The molecule has 1 spiro atoms. The Morgan fingerprint density at radius 3 is 2.44 bits per heavy atom. The number of benzene rings is 3. The predicted octanol–water partition coefficient (Wildman–Crippen LogP) is 8.35. The van der Waals surface area contributed by atoms with Gasteiger partial charge in [0.1, 0.15) is 23.9 Å². The van der Waals surface area contributed by atoms with Crippen molar-refractivity contribution in [1.82, 2.24) is 25.1 Å². The number of nitrogens with one attached hydrogen (secondary N) is 2. The molecule has 4 aromatic rings. The zero-order valence-corrected chi connectivity index (χ0v) is 39.7. The highest BCUT2D eigenvalue weighted by Crippen LogP contribution is 2.58. The van der Waals surface area contributed by atoms with Crippen LogP contribution in [0.4, 0.5) is 4.39 Å². The van der Waals surface area contributed by atoms with Gasteiger partial charge < -0.3 is 34.0 Å². The quantitative estimate of drug-likeness (QED) is 0.0831. The summed E-state index contributed by atoms with van der Waals surface area (Å²) < 4.78 is 48.7. The molecule has 1 unspecified atom stereocenters. The Morgan fingerprint density at radius 1 is 1.00 bits per heavy atom. The van der Waals surface area contributed by atoms with Gasteiger partial charge in [-0.15, -0.1) is 11.3 Å². The smallest absolute Gasteiger partial charge is 0.355 e. The number of carbonyl (C=O) groups excluding carboxylic acids is 4. The Balaban J connectivity index is 0.949. The second-order valence-corrected chi connectivity index (χ2v) is 22.1. The van der Waals surface area contributed by atoms with Crippen molar-refractivity contribution < 1.29 is 42.1 Å². The van der Waals surface area contributed by atoms with Crippen molar-refractivity contribution in [3.05, 3.63) is 101 Å². The molecule has 4 saturated heterocycles. The van der Waals surface area contributed by atoms with Gasteiger partial charge in [0.15, 0.2) is 0 Å². The molecule has 66 heavy (non-hydrogen) atoms. The molecule has 1 aromatic heterocycles. The molecule has 3 amide bonds. The number of amides is 3. The summed E-state index contributed by atoms with van der Waals surface area (Å²) in [7, 11) is -2.36. The number of nitrogens with zero attached hydrogens (tertiary/aromatic N) is 3. The molecule has 352 valence electrons. The molecule has 0 bridgehead atoms. The number of alkyl halides is 1. The third kappa shape index (κ3) is 9.69. The van der Waals surface area contributed by atoms with Gasteiger partial charge in [-0.05, 0) is 125 Å². The minimum absolute atomic E-state index is 0.0199. The molecular formula is C50H61FN5O8PS. The number of fused-ring (bicyclic) bond motifs is 2. The van der Waals surface area contributed by atoms with Crippen LogP contribution in [0, 0.1) is 0 Å². The van der Waals surface area contributed by atoms with Crippen LogP contribution < -0.4 is 14.9 Å². The van der Waals surface area contributed by atoms with Crippen LogP contribution in [0.3, 0.4) is 0 Å². The second kappa shape index (κ2) is 19.5. The minimum Gasteiger partial charge on any atom is -0.465 e. The van der Waals surface area contributed by atoms with Crippen molar-refractivity contribution in [2.45, 2.75) is 132 Å². The van der Waals surface area contributed by atoms with Crippen LogP contribution in [-0.4, -0.2) is 114 Å². The summed E-state index contributed by atoms with van der Waals surface area (Å²) in [4.78, 5) is 63.3. The van der Waals surface area contributed by atoms with Crippen molar-refractivity contribution in [2.75, 3.05) is 33.4 Å². The Morgan fingerprint density at radius 2 is 1.74 bits per heavy atom. The third-order valence-corrected chi connectivity index (χ3v) is 17.6. The molecule has 1 saturated carbocycles. The molecule has 9 rings (SSSR count). The van der Waals surface area contributed by atoms with Crippen molar-refractivity contribution >= 4 is 52.6 Å². The highest BCUT2D eigenvalue weighted by molar-refractivity contribution is 7.57. The molecule has 9 atom stereocenters. The highest BCUT2D eigenvalue weighted by Gasteiger charge is 2.58. The number of hydrogen-bond acceptors (Lipinski definition) is 10. The van der Waals surface area contributed by atoms with Crippen LogP contribution in [0.1, 0.15) is 111 Å². The van der Waals surface area contributed by atoms with E-state index in [1.807, 2.05) is 30.0 Å². The van der Waals surface area contributed by atoms with Crippen LogP contribution in [0.15, 0.2) is 84.9 Å². The summed E-state index contributed by atoms with van der Waals surface area (Å²) in [6.07, 6.45) is 7.74. The normalized spacial score (nSPS) is 26.5.